The first kappa shape index (κ1) is 41.7. The summed E-state index contributed by atoms with van der Waals surface area (Å²) < 4.78 is 45.9. The van der Waals surface area contributed by atoms with Gasteiger partial charge in [0, 0.05) is 13.3 Å². The van der Waals surface area contributed by atoms with Gasteiger partial charge in [0.1, 0.15) is 17.8 Å². The van der Waals surface area contributed by atoms with Gasteiger partial charge in [-0.25, -0.2) is 0 Å². The molecule has 0 radical (unpaired) electrons. The number of halogens is 2. The number of aliphatic hydroxyl groups is 4. The Morgan fingerprint density at radius 2 is 0.868 bits per heavy atom. The summed E-state index contributed by atoms with van der Waals surface area (Å²) in [5, 5.41) is 35.1. The van der Waals surface area contributed by atoms with Gasteiger partial charge in [-0.3, -0.25) is 23.5 Å². The summed E-state index contributed by atoms with van der Waals surface area (Å²) in [6.45, 7) is 5.41. The van der Waals surface area contributed by atoms with Gasteiger partial charge in [-0.15, -0.1) is 0 Å². The Balaban J connectivity index is -0.000000668. The lowest BCUT2D eigenvalue weighted by Gasteiger charge is -2.19. The third kappa shape index (κ3) is 25.5. The summed E-state index contributed by atoms with van der Waals surface area (Å²) in [5.74, 6) is -7.33. The van der Waals surface area contributed by atoms with E-state index in [2.05, 4.69) is 4.74 Å². The molecule has 0 bridgehead atoms. The summed E-state index contributed by atoms with van der Waals surface area (Å²) in [6, 6.07) is 0. The predicted octanol–water partition coefficient (Wildman–Crippen LogP) is 1.62. The SMILES string of the molecule is CCOC(=O)C(CO)CO.CCOC(=O)C(CO)COP(C)(=O)OCC(CO)C(=O)OCC.CP(=O)(Cl)Cl. The monoisotopic (exact) mass is 636 g/mol. The highest BCUT2D eigenvalue weighted by Gasteiger charge is 2.28. The zero-order valence-corrected chi connectivity index (χ0v) is 25.4. The standard InChI is InChI=1S/C13H25O9P.C6H12O4.CH3Cl2OP/c1-4-19-12(16)10(6-14)8-21-23(3,18)22-9-11(7-15)13(17)20-5-2;1-2-10-6(9)5(3-7)4-8;1-5(2,3)4/h10-11,14-15H,4-9H2,1-3H3;5,7-8H,2-4H2,1H3;1H3. The van der Waals surface area contributed by atoms with Crippen LogP contribution in [0.15, 0.2) is 0 Å². The summed E-state index contributed by atoms with van der Waals surface area (Å²) in [5.41, 5.74) is 0. The van der Waals surface area contributed by atoms with Crippen molar-refractivity contribution in [1.82, 2.24) is 0 Å². The third-order valence-corrected chi connectivity index (χ3v) is 5.00. The second kappa shape index (κ2) is 24.0. The lowest BCUT2D eigenvalue weighted by molar-refractivity contribution is -0.152. The van der Waals surface area contributed by atoms with Crippen LogP contribution in [0.25, 0.3) is 0 Å². The molecule has 0 aromatic carbocycles. The van der Waals surface area contributed by atoms with Crippen molar-refractivity contribution < 1.29 is 67.2 Å². The van der Waals surface area contributed by atoms with E-state index in [-0.39, 0.29) is 46.2 Å². The minimum atomic E-state index is -3.58. The van der Waals surface area contributed by atoms with Crippen molar-refractivity contribution in [2.24, 2.45) is 17.8 Å². The van der Waals surface area contributed by atoms with E-state index in [0.29, 0.717) is 0 Å². The Hall–Kier alpha value is -0.790. The second-order valence-corrected chi connectivity index (χ2v) is 15.1. The number of aliphatic hydroxyl groups excluding tert-OH is 4. The lowest BCUT2D eigenvalue weighted by Crippen LogP contribution is -2.27. The number of hydrogen-bond acceptors (Lipinski definition) is 14. The molecule has 0 heterocycles. The molecule has 0 amide bonds. The van der Waals surface area contributed by atoms with Crippen molar-refractivity contribution in [2.45, 2.75) is 20.8 Å². The van der Waals surface area contributed by atoms with Crippen molar-refractivity contribution in [3.05, 3.63) is 0 Å². The van der Waals surface area contributed by atoms with E-state index < -0.39 is 62.3 Å². The molecular weight excluding hydrogens is 597 g/mol. The van der Waals surface area contributed by atoms with E-state index >= 15 is 0 Å². The predicted molar refractivity (Wildman–Crippen MR) is 139 cm³/mol. The van der Waals surface area contributed by atoms with Crippen molar-refractivity contribution in [2.75, 3.05) is 72.8 Å². The van der Waals surface area contributed by atoms with Crippen LogP contribution >= 0.6 is 35.9 Å². The maximum Gasteiger partial charge on any atom is 0.327 e. The van der Waals surface area contributed by atoms with E-state index in [9.17, 15) is 23.5 Å². The number of carbonyl (C=O) groups excluding carboxylic acids is 3. The Morgan fingerprint density at radius 1 is 0.632 bits per heavy atom. The topological polar surface area (TPSA) is 212 Å². The van der Waals surface area contributed by atoms with Crippen LogP contribution in [-0.2, 0) is 46.8 Å². The van der Waals surface area contributed by atoms with E-state index in [0.717, 1.165) is 6.66 Å². The highest BCUT2D eigenvalue weighted by Crippen LogP contribution is 2.52. The van der Waals surface area contributed by atoms with Crippen LogP contribution < -0.4 is 0 Å². The van der Waals surface area contributed by atoms with Gasteiger partial charge in [-0.1, -0.05) is 0 Å². The van der Waals surface area contributed by atoms with E-state index in [1.165, 1.54) is 6.66 Å². The van der Waals surface area contributed by atoms with Gasteiger partial charge in [-0.2, -0.15) is 0 Å². The first-order valence-electron chi connectivity index (χ1n) is 11.3. The van der Waals surface area contributed by atoms with Crippen LogP contribution in [0, 0.1) is 17.8 Å². The zero-order chi connectivity index (χ0) is 30.4. The van der Waals surface area contributed by atoms with Crippen LogP contribution in [0.2, 0.25) is 0 Å². The molecule has 4 N–H and O–H groups in total. The minimum absolute atomic E-state index is 0.146. The maximum absolute atomic E-state index is 12.1. The van der Waals surface area contributed by atoms with Crippen molar-refractivity contribution in [3.63, 3.8) is 0 Å². The Morgan fingerprint density at radius 3 is 1.08 bits per heavy atom. The molecule has 228 valence electrons. The normalized spacial score (nSPS) is 14.0. The van der Waals surface area contributed by atoms with Crippen LogP contribution in [0.4, 0.5) is 0 Å². The van der Waals surface area contributed by atoms with Crippen LogP contribution in [0.3, 0.4) is 0 Å². The molecule has 14 nitrogen and oxygen atoms in total. The molecule has 0 aliphatic heterocycles. The molecule has 0 aliphatic carbocycles. The summed E-state index contributed by atoms with van der Waals surface area (Å²) >= 11 is 9.70. The van der Waals surface area contributed by atoms with Gasteiger partial charge < -0.3 is 43.7 Å². The average Bonchev–Trinajstić information content (AvgIpc) is 2.80. The molecule has 18 heteroatoms. The fourth-order valence-corrected chi connectivity index (χ4v) is 2.84. The minimum Gasteiger partial charge on any atom is -0.466 e. The highest BCUT2D eigenvalue weighted by atomic mass is 35.9. The molecule has 0 saturated carbocycles. The van der Waals surface area contributed by atoms with Gasteiger partial charge in [0.05, 0.1) is 59.5 Å². The fourth-order valence-electron chi connectivity index (χ4n) is 1.87. The molecule has 38 heavy (non-hydrogen) atoms. The van der Waals surface area contributed by atoms with Crippen LogP contribution in [-0.4, -0.2) is 111 Å². The van der Waals surface area contributed by atoms with Gasteiger partial charge in [-0.05, 0) is 43.3 Å². The Bertz CT molecular complexity index is 703. The largest absolute Gasteiger partial charge is 0.466 e. The van der Waals surface area contributed by atoms with Gasteiger partial charge in [0.15, 0.2) is 0 Å². The molecular formula is C20H40Cl2O14P2. The third-order valence-electron chi connectivity index (χ3n) is 3.76. The quantitative estimate of drug-likeness (QED) is 0.108. The summed E-state index contributed by atoms with van der Waals surface area (Å²) in [4.78, 5) is 33.6. The average molecular weight is 637 g/mol. The van der Waals surface area contributed by atoms with Crippen molar-refractivity contribution in [3.8, 4) is 0 Å². The molecule has 0 spiro atoms. The van der Waals surface area contributed by atoms with Crippen molar-refractivity contribution in [1.29, 1.82) is 0 Å². The van der Waals surface area contributed by atoms with Gasteiger partial charge in [0.25, 0.3) is 0 Å². The molecule has 0 saturated heterocycles. The molecule has 0 aliphatic rings. The first-order chi connectivity index (χ1) is 17.6. The number of rotatable bonds is 16. The molecule has 0 rings (SSSR count). The molecule has 0 fully saturated rings. The smallest absolute Gasteiger partial charge is 0.327 e. The Labute approximate surface area is 232 Å². The number of carbonyl (C=O) groups is 3. The second-order valence-electron chi connectivity index (χ2n) is 7.16. The van der Waals surface area contributed by atoms with Gasteiger partial charge >= 0.3 is 25.5 Å². The van der Waals surface area contributed by atoms with E-state index in [1.807, 2.05) is 0 Å². The zero-order valence-electron chi connectivity index (χ0n) is 22.1. The lowest BCUT2D eigenvalue weighted by atomic mass is 10.2. The number of esters is 3. The highest BCUT2D eigenvalue weighted by molar-refractivity contribution is 8.08. The molecule has 0 aromatic rings. The van der Waals surface area contributed by atoms with Crippen molar-refractivity contribution >= 4 is 53.8 Å². The van der Waals surface area contributed by atoms with Gasteiger partial charge in [0.2, 0.25) is 5.85 Å². The molecule has 0 aromatic heterocycles. The fraction of sp³-hybridized carbons (Fsp3) is 0.850. The number of hydrogen-bond donors (Lipinski definition) is 4. The number of ether oxygens (including phenoxy) is 3. The van der Waals surface area contributed by atoms with Crippen LogP contribution in [0.5, 0.6) is 0 Å². The molecule has 2 unspecified atom stereocenters. The van der Waals surface area contributed by atoms with E-state index in [1.54, 1.807) is 20.8 Å². The maximum atomic E-state index is 12.1. The molecule has 2 atom stereocenters. The summed E-state index contributed by atoms with van der Waals surface area (Å²) in [6.07, 6.45) is 0. The van der Waals surface area contributed by atoms with Crippen LogP contribution in [0.1, 0.15) is 20.8 Å². The first-order valence-corrected chi connectivity index (χ1v) is 17.3. The van der Waals surface area contributed by atoms with E-state index in [4.69, 9.17) is 61.4 Å². The Kier molecular flexibility index (Phi) is 26.4. The summed E-state index contributed by atoms with van der Waals surface area (Å²) in [7, 11) is -3.58.